The number of nitrogens with zero attached hydrogens (tertiary/aromatic N) is 6. The number of nitrogens with one attached hydrogen (secondary N) is 3. The number of hydrogen-bond acceptors (Lipinski definition) is 11. The molecule has 0 bridgehead atoms. The molecule has 1 saturated carbocycles. The minimum absolute atomic E-state index is 0.0340. The Morgan fingerprint density at radius 1 is 1.04 bits per heavy atom. The molecule has 266 valence electrons. The molecule has 2 fully saturated rings. The Hall–Kier alpha value is -4.67. The fraction of sp³-hybridized carbons (Fsp3) is 0.471. The van der Waals surface area contributed by atoms with Crippen LogP contribution in [0.3, 0.4) is 0 Å². The standard InChI is InChI=1S/C34H44N10O5S/c1-2-24-17-29-30(40-32(24)45)16-23(18-37-29)21-42-12-14-43(15-13-42)26-8-9-28(38-19-26)33(46)41-50(48,49)27-20-39-44(22-27)11-10-36-34(47)31(35)25-6-4-3-5-7-25/h8-9,16-20,22,25,31H,2-7,10-15,21,35H2,1H3,(H,36,47)(H,40,45)(H,41,46)/t31-/m1/s1. The van der Waals surface area contributed by atoms with Gasteiger partial charge in [-0.15, -0.1) is 0 Å². The van der Waals surface area contributed by atoms with Gasteiger partial charge in [-0.1, -0.05) is 26.2 Å². The number of sulfonamides is 1. The first-order valence-electron chi connectivity index (χ1n) is 17.2. The van der Waals surface area contributed by atoms with Gasteiger partial charge >= 0.3 is 0 Å². The third kappa shape index (κ3) is 8.37. The highest BCUT2D eigenvalue weighted by molar-refractivity contribution is 7.90. The Morgan fingerprint density at radius 3 is 2.54 bits per heavy atom. The summed E-state index contributed by atoms with van der Waals surface area (Å²) in [6.07, 6.45) is 11.8. The predicted octanol–water partition coefficient (Wildman–Crippen LogP) is 1.54. The minimum Gasteiger partial charge on any atom is -0.368 e. The molecule has 0 radical (unpaired) electrons. The van der Waals surface area contributed by atoms with Crippen LogP contribution in [0.2, 0.25) is 0 Å². The van der Waals surface area contributed by atoms with Crippen molar-refractivity contribution in [2.75, 3.05) is 37.6 Å². The second-order valence-corrected chi connectivity index (χ2v) is 14.7. The highest BCUT2D eigenvalue weighted by Gasteiger charge is 2.26. The zero-order chi connectivity index (χ0) is 35.3. The van der Waals surface area contributed by atoms with Crippen LogP contribution in [0.5, 0.6) is 0 Å². The molecule has 6 rings (SSSR count). The summed E-state index contributed by atoms with van der Waals surface area (Å²) in [4.78, 5) is 53.6. The molecule has 16 heteroatoms. The number of carbonyl (C=O) groups is 2. The van der Waals surface area contributed by atoms with Crippen molar-refractivity contribution in [2.24, 2.45) is 11.7 Å². The van der Waals surface area contributed by atoms with E-state index in [1.807, 2.05) is 25.3 Å². The van der Waals surface area contributed by atoms with Crippen LogP contribution in [-0.2, 0) is 34.3 Å². The third-order valence-electron chi connectivity index (χ3n) is 9.58. The van der Waals surface area contributed by atoms with Crippen molar-refractivity contribution in [2.45, 2.75) is 69.5 Å². The Balaban J connectivity index is 0.962. The van der Waals surface area contributed by atoms with Crippen molar-refractivity contribution in [3.8, 4) is 0 Å². The number of hydrogen-bond donors (Lipinski definition) is 4. The lowest BCUT2D eigenvalue weighted by Crippen LogP contribution is -2.46. The number of nitrogens with two attached hydrogens (primary N) is 1. The van der Waals surface area contributed by atoms with E-state index in [-0.39, 0.29) is 41.1 Å². The molecule has 50 heavy (non-hydrogen) atoms. The maximum Gasteiger partial charge on any atom is 0.283 e. The molecule has 0 spiro atoms. The topological polar surface area (TPSA) is 201 Å². The summed E-state index contributed by atoms with van der Waals surface area (Å²) in [5.41, 5.74) is 10.1. The van der Waals surface area contributed by atoms with Crippen molar-refractivity contribution in [3.05, 3.63) is 76.2 Å². The second kappa shape index (κ2) is 15.5. The molecule has 1 aliphatic carbocycles. The van der Waals surface area contributed by atoms with Crippen LogP contribution in [0, 0.1) is 5.92 Å². The number of aromatic nitrogens is 5. The molecule has 2 amide bonds. The van der Waals surface area contributed by atoms with Crippen LogP contribution in [0.25, 0.3) is 11.0 Å². The number of anilines is 1. The van der Waals surface area contributed by atoms with Gasteiger partial charge in [0.25, 0.3) is 21.5 Å². The van der Waals surface area contributed by atoms with Gasteiger partial charge in [-0.25, -0.2) is 18.1 Å². The van der Waals surface area contributed by atoms with Crippen LogP contribution in [0.4, 0.5) is 5.69 Å². The van der Waals surface area contributed by atoms with Crippen molar-refractivity contribution in [3.63, 3.8) is 0 Å². The van der Waals surface area contributed by atoms with Gasteiger partial charge in [0.1, 0.15) is 10.6 Å². The van der Waals surface area contributed by atoms with Gasteiger partial charge in [0.05, 0.1) is 41.7 Å². The molecule has 0 aromatic carbocycles. The molecule has 0 unspecified atom stereocenters. The number of aryl methyl sites for hydroxylation is 1. The van der Waals surface area contributed by atoms with Crippen LogP contribution in [0.1, 0.15) is 60.6 Å². The zero-order valence-corrected chi connectivity index (χ0v) is 29.0. The first-order valence-corrected chi connectivity index (χ1v) is 18.6. The van der Waals surface area contributed by atoms with Crippen molar-refractivity contribution >= 4 is 38.6 Å². The normalized spacial score (nSPS) is 16.7. The molecular formula is C34H44N10O5S. The summed E-state index contributed by atoms with van der Waals surface area (Å²) in [5, 5.41) is 6.88. The van der Waals surface area contributed by atoms with Crippen LogP contribution in [-0.4, -0.2) is 88.6 Å². The van der Waals surface area contributed by atoms with Gasteiger partial charge in [0, 0.05) is 57.2 Å². The van der Waals surface area contributed by atoms with Crippen molar-refractivity contribution in [1.29, 1.82) is 0 Å². The van der Waals surface area contributed by atoms with E-state index in [0.29, 0.717) is 13.0 Å². The Morgan fingerprint density at radius 2 is 1.82 bits per heavy atom. The summed E-state index contributed by atoms with van der Waals surface area (Å²) in [6, 6.07) is 6.52. The molecule has 1 saturated heterocycles. The van der Waals surface area contributed by atoms with Crippen molar-refractivity contribution in [1.82, 2.24) is 39.7 Å². The molecule has 1 aliphatic heterocycles. The summed E-state index contributed by atoms with van der Waals surface area (Å²) < 4.78 is 29.3. The molecule has 2 aliphatic rings. The van der Waals surface area contributed by atoms with E-state index < -0.39 is 22.0 Å². The number of carbonyl (C=O) groups excluding carboxylic acids is 2. The second-order valence-electron chi connectivity index (χ2n) is 13.0. The van der Waals surface area contributed by atoms with Gasteiger partial charge in [-0.2, -0.15) is 5.10 Å². The maximum absolute atomic E-state index is 12.9. The Kier molecular flexibility index (Phi) is 10.9. The lowest BCUT2D eigenvalue weighted by atomic mass is 9.84. The summed E-state index contributed by atoms with van der Waals surface area (Å²) in [5.74, 6) is -0.883. The maximum atomic E-state index is 12.9. The number of fused-ring (bicyclic) bond motifs is 1. The molecule has 1 atom stereocenters. The fourth-order valence-corrected chi connectivity index (χ4v) is 7.52. The molecule has 4 aromatic rings. The van der Waals surface area contributed by atoms with Gasteiger partial charge in [0.15, 0.2) is 0 Å². The molecule has 5 N–H and O–H groups in total. The monoisotopic (exact) mass is 704 g/mol. The molecule has 4 aromatic heterocycles. The van der Waals surface area contributed by atoms with E-state index >= 15 is 0 Å². The number of rotatable bonds is 12. The highest BCUT2D eigenvalue weighted by Crippen LogP contribution is 2.25. The van der Waals surface area contributed by atoms with E-state index in [9.17, 15) is 22.8 Å². The van der Waals surface area contributed by atoms with Gasteiger partial charge < -0.3 is 20.9 Å². The van der Waals surface area contributed by atoms with Crippen LogP contribution >= 0.6 is 0 Å². The lowest BCUT2D eigenvalue weighted by molar-refractivity contribution is -0.123. The fourth-order valence-electron chi connectivity index (χ4n) is 6.60. The van der Waals surface area contributed by atoms with Crippen LogP contribution < -0.4 is 26.2 Å². The average molecular weight is 705 g/mol. The summed E-state index contributed by atoms with van der Waals surface area (Å²) in [6.45, 7) is 6.18. The van der Waals surface area contributed by atoms with E-state index in [2.05, 4.69) is 39.9 Å². The number of amides is 2. The molecular weight excluding hydrogens is 661 g/mol. The number of piperazine rings is 1. The van der Waals surface area contributed by atoms with Gasteiger partial charge in [-0.3, -0.25) is 28.9 Å². The zero-order valence-electron chi connectivity index (χ0n) is 28.2. The van der Waals surface area contributed by atoms with E-state index in [4.69, 9.17) is 5.73 Å². The lowest BCUT2D eigenvalue weighted by Gasteiger charge is -2.36. The summed E-state index contributed by atoms with van der Waals surface area (Å²) >= 11 is 0. The molecule has 15 nitrogen and oxygen atoms in total. The van der Waals surface area contributed by atoms with Crippen molar-refractivity contribution < 1.29 is 18.0 Å². The Labute approximate surface area is 290 Å². The van der Waals surface area contributed by atoms with Gasteiger partial charge in [-0.05, 0) is 55.0 Å². The van der Waals surface area contributed by atoms with Gasteiger partial charge in [0.2, 0.25) is 5.91 Å². The van der Waals surface area contributed by atoms with E-state index in [1.165, 1.54) is 23.4 Å². The van der Waals surface area contributed by atoms with Crippen LogP contribution in [0.15, 0.2) is 58.7 Å². The average Bonchev–Trinajstić information content (AvgIpc) is 3.62. The first kappa shape index (κ1) is 35.2. The predicted molar refractivity (Wildman–Crippen MR) is 188 cm³/mol. The quantitative estimate of drug-likeness (QED) is 0.167. The minimum atomic E-state index is -4.20. The molecule has 5 heterocycles. The number of H-pyrrole nitrogens is 1. The smallest absolute Gasteiger partial charge is 0.283 e. The van der Waals surface area contributed by atoms with E-state index in [1.54, 1.807) is 12.3 Å². The third-order valence-corrected chi connectivity index (χ3v) is 10.9. The summed E-state index contributed by atoms with van der Waals surface area (Å²) in [7, 11) is -4.20. The number of pyridine rings is 3. The largest absolute Gasteiger partial charge is 0.368 e. The first-order chi connectivity index (χ1) is 24.1. The van der Waals surface area contributed by atoms with E-state index in [0.717, 1.165) is 85.9 Å². The SMILES string of the molecule is CCc1cc2ncc(CN3CCN(c4ccc(C(=O)NS(=O)(=O)c5cnn(CCNC(=O)[C@H](N)C6CCCCC6)c5)nc4)CC3)cc2[nH]c1=O. The highest BCUT2D eigenvalue weighted by atomic mass is 32.2. The number of aromatic amines is 1. The Bertz CT molecular complexity index is 1980.